The van der Waals surface area contributed by atoms with Crippen molar-refractivity contribution in [1.82, 2.24) is 19.7 Å². The van der Waals surface area contributed by atoms with Gasteiger partial charge < -0.3 is 4.74 Å². The molecule has 1 unspecified atom stereocenters. The Bertz CT molecular complexity index is 623. The highest BCUT2D eigenvalue weighted by molar-refractivity contribution is 5.35. The molecule has 22 heavy (non-hydrogen) atoms. The van der Waals surface area contributed by atoms with Crippen LogP contribution >= 0.6 is 0 Å². The fourth-order valence-corrected chi connectivity index (χ4v) is 3.50. The highest BCUT2D eigenvalue weighted by Crippen LogP contribution is 2.38. The maximum absolute atomic E-state index is 5.58. The fourth-order valence-electron chi connectivity index (χ4n) is 3.50. The highest BCUT2D eigenvalue weighted by Gasteiger charge is 2.31. The molecule has 0 spiro atoms. The second-order valence-corrected chi connectivity index (χ2v) is 5.90. The number of aryl methyl sites for hydroxylation is 2. The first kappa shape index (κ1) is 15.0. The molecule has 1 saturated heterocycles. The molecular weight excluding hydrogens is 276 g/mol. The molecule has 118 valence electrons. The maximum atomic E-state index is 5.58. The molecule has 1 atom stereocenters. The Morgan fingerprint density at radius 3 is 2.95 bits per heavy atom. The normalized spacial score (nSPS) is 18.8. The van der Waals surface area contributed by atoms with Gasteiger partial charge in [-0.2, -0.15) is 5.10 Å². The van der Waals surface area contributed by atoms with E-state index in [1.165, 1.54) is 18.4 Å². The van der Waals surface area contributed by atoms with Crippen LogP contribution in [0.3, 0.4) is 0 Å². The smallest absolute Gasteiger partial charge is 0.216 e. The number of ether oxygens (including phenoxy) is 1. The van der Waals surface area contributed by atoms with E-state index in [2.05, 4.69) is 34.0 Å². The first-order valence-corrected chi connectivity index (χ1v) is 7.92. The van der Waals surface area contributed by atoms with Crippen molar-refractivity contribution in [3.8, 4) is 5.88 Å². The third kappa shape index (κ3) is 2.86. The van der Waals surface area contributed by atoms with Crippen LogP contribution in [0.1, 0.15) is 35.8 Å². The summed E-state index contributed by atoms with van der Waals surface area (Å²) < 4.78 is 7.43. The summed E-state index contributed by atoms with van der Waals surface area (Å²) in [6, 6.07) is 6.53. The van der Waals surface area contributed by atoms with Crippen LogP contribution in [0.15, 0.2) is 24.4 Å². The van der Waals surface area contributed by atoms with Gasteiger partial charge >= 0.3 is 0 Å². The number of rotatable bonds is 5. The average Bonchev–Trinajstić information content (AvgIpc) is 3.09. The van der Waals surface area contributed by atoms with E-state index in [0.717, 1.165) is 36.8 Å². The summed E-state index contributed by atoms with van der Waals surface area (Å²) in [6.45, 7) is 4.24. The number of nitrogens with zero attached hydrogens (tertiary/aromatic N) is 4. The standard InChI is InChI=1S/C17H24N4O/c1-13-16(17(22-3)20(2)19-13)15-8-6-11-21(15)12-9-14-7-4-5-10-18-14/h4-5,7,10,15H,6,8-9,11-12H2,1-3H3. The molecule has 5 heteroatoms. The van der Waals surface area contributed by atoms with Crippen molar-refractivity contribution >= 4 is 0 Å². The number of methoxy groups -OCH3 is 1. The van der Waals surface area contributed by atoms with Crippen molar-refractivity contribution in [2.24, 2.45) is 7.05 Å². The third-order valence-electron chi connectivity index (χ3n) is 4.49. The Kier molecular flexibility index (Phi) is 4.43. The van der Waals surface area contributed by atoms with Crippen molar-refractivity contribution in [2.75, 3.05) is 20.2 Å². The van der Waals surface area contributed by atoms with Gasteiger partial charge in [-0.15, -0.1) is 0 Å². The quantitative estimate of drug-likeness (QED) is 0.851. The summed E-state index contributed by atoms with van der Waals surface area (Å²) in [6.07, 6.45) is 5.25. The molecular formula is C17H24N4O. The summed E-state index contributed by atoms with van der Waals surface area (Å²) in [4.78, 5) is 6.97. The van der Waals surface area contributed by atoms with Crippen LogP contribution in [-0.2, 0) is 13.5 Å². The van der Waals surface area contributed by atoms with E-state index in [4.69, 9.17) is 4.74 Å². The van der Waals surface area contributed by atoms with E-state index in [1.54, 1.807) is 7.11 Å². The molecule has 3 heterocycles. The van der Waals surface area contributed by atoms with E-state index < -0.39 is 0 Å². The molecule has 0 aromatic carbocycles. The molecule has 1 fully saturated rings. The van der Waals surface area contributed by atoms with Gasteiger partial charge in [0.05, 0.1) is 18.4 Å². The van der Waals surface area contributed by atoms with Crippen LogP contribution < -0.4 is 4.74 Å². The number of aromatic nitrogens is 3. The van der Waals surface area contributed by atoms with Gasteiger partial charge in [0.1, 0.15) is 0 Å². The van der Waals surface area contributed by atoms with Gasteiger partial charge in [0.25, 0.3) is 0 Å². The van der Waals surface area contributed by atoms with E-state index in [1.807, 2.05) is 24.0 Å². The molecule has 2 aromatic rings. The lowest BCUT2D eigenvalue weighted by Crippen LogP contribution is -2.26. The first-order valence-electron chi connectivity index (χ1n) is 7.92. The molecule has 0 radical (unpaired) electrons. The van der Waals surface area contributed by atoms with E-state index in [0.29, 0.717) is 6.04 Å². The van der Waals surface area contributed by atoms with Crippen molar-refractivity contribution in [1.29, 1.82) is 0 Å². The van der Waals surface area contributed by atoms with E-state index in [-0.39, 0.29) is 0 Å². The highest BCUT2D eigenvalue weighted by atomic mass is 16.5. The predicted octanol–water partition coefficient (Wildman–Crippen LogP) is 2.51. The molecule has 0 saturated carbocycles. The van der Waals surface area contributed by atoms with Gasteiger partial charge in [0, 0.05) is 37.9 Å². The van der Waals surface area contributed by atoms with Crippen molar-refractivity contribution in [3.05, 3.63) is 41.3 Å². The van der Waals surface area contributed by atoms with E-state index in [9.17, 15) is 0 Å². The van der Waals surface area contributed by atoms with Gasteiger partial charge in [-0.3, -0.25) is 9.88 Å². The third-order valence-corrected chi connectivity index (χ3v) is 4.49. The van der Waals surface area contributed by atoms with Crippen LogP contribution in [0, 0.1) is 6.92 Å². The Balaban J connectivity index is 1.76. The molecule has 5 nitrogen and oxygen atoms in total. The minimum atomic E-state index is 0.410. The maximum Gasteiger partial charge on any atom is 0.216 e. The fraction of sp³-hybridized carbons (Fsp3) is 0.529. The van der Waals surface area contributed by atoms with Crippen molar-refractivity contribution in [2.45, 2.75) is 32.2 Å². The zero-order chi connectivity index (χ0) is 15.5. The van der Waals surface area contributed by atoms with Gasteiger partial charge in [0.15, 0.2) is 0 Å². The zero-order valence-electron chi connectivity index (χ0n) is 13.6. The molecule has 0 bridgehead atoms. The van der Waals surface area contributed by atoms with Crippen LogP contribution in [0.25, 0.3) is 0 Å². The topological polar surface area (TPSA) is 43.2 Å². The number of pyridine rings is 1. The summed E-state index contributed by atoms with van der Waals surface area (Å²) >= 11 is 0. The molecule has 0 amide bonds. The molecule has 0 aliphatic carbocycles. The summed E-state index contributed by atoms with van der Waals surface area (Å²) in [5, 5.41) is 4.53. The Hall–Kier alpha value is -1.88. The Morgan fingerprint density at radius 2 is 2.23 bits per heavy atom. The van der Waals surface area contributed by atoms with Crippen LogP contribution in [0.4, 0.5) is 0 Å². The largest absolute Gasteiger partial charge is 0.481 e. The predicted molar refractivity (Wildman–Crippen MR) is 86.0 cm³/mol. The number of hydrogen-bond donors (Lipinski definition) is 0. The molecule has 2 aromatic heterocycles. The minimum absolute atomic E-state index is 0.410. The molecule has 1 aliphatic rings. The molecule has 1 aliphatic heterocycles. The molecule has 3 rings (SSSR count). The van der Waals surface area contributed by atoms with Gasteiger partial charge in [-0.25, -0.2) is 4.68 Å². The SMILES string of the molecule is COc1c(C2CCCN2CCc2ccccn2)c(C)nn1C. The summed E-state index contributed by atoms with van der Waals surface area (Å²) in [7, 11) is 3.68. The molecule has 0 N–H and O–H groups in total. The zero-order valence-corrected chi connectivity index (χ0v) is 13.6. The van der Waals surface area contributed by atoms with Crippen molar-refractivity contribution in [3.63, 3.8) is 0 Å². The average molecular weight is 300 g/mol. The number of hydrogen-bond acceptors (Lipinski definition) is 4. The van der Waals surface area contributed by atoms with E-state index >= 15 is 0 Å². The van der Waals surface area contributed by atoms with Gasteiger partial charge in [0.2, 0.25) is 5.88 Å². The van der Waals surface area contributed by atoms with Crippen molar-refractivity contribution < 1.29 is 4.74 Å². The van der Waals surface area contributed by atoms with Gasteiger partial charge in [-0.05, 0) is 38.4 Å². The lowest BCUT2D eigenvalue weighted by atomic mass is 10.0. The second-order valence-electron chi connectivity index (χ2n) is 5.90. The lowest BCUT2D eigenvalue weighted by Gasteiger charge is -2.24. The van der Waals surface area contributed by atoms with Crippen LogP contribution in [-0.4, -0.2) is 39.9 Å². The van der Waals surface area contributed by atoms with Gasteiger partial charge in [-0.1, -0.05) is 6.07 Å². The summed E-state index contributed by atoms with van der Waals surface area (Å²) in [5.41, 5.74) is 3.49. The minimum Gasteiger partial charge on any atom is -0.481 e. The second kappa shape index (κ2) is 6.48. The van der Waals surface area contributed by atoms with Crippen LogP contribution in [0.5, 0.6) is 5.88 Å². The first-order chi connectivity index (χ1) is 10.7. The number of likely N-dealkylation sites (tertiary alicyclic amines) is 1. The monoisotopic (exact) mass is 300 g/mol. The van der Waals surface area contributed by atoms with Crippen LogP contribution in [0.2, 0.25) is 0 Å². The Morgan fingerprint density at radius 1 is 1.36 bits per heavy atom. The summed E-state index contributed by atoms with van der Waals surface area (Å²) in [5.74, 6) is 0.896. The lowest BCUT2D eigenvalue weighted by molar-refractivity contribution is 0.251. The Labute approximate surface area is 131 Å².